The standard InChI is InChI=1S/3C19H15F2N3O.C19H16FN3O.C17H14FN3OS/c20-13-4-1-11(2-5-13)3-8-17-15-9-12(19(25)22-14-6-7-14)10-16(21)18(15)24-23-17;20-13-3-1-2-11(8-13)4-7-17-15-9-12(19(25)22-14-5-6-14)10-16(21)18(15)24-23-17;20-15-4-2-1-3-11(15)5-8-17-14-9-12(19(25)22-13-6-7-13)10-16(21)18(14)24-23-17;20-16-11-13(19(24)21-14-7-8-14)10-15-17(22-23-18(15)16)9-6-12-4-2-1-3-5-12;18-14-9-10(17(22)19-11-3-4-11)8-13-15(20-21-16(13)14)6-5-12-2-1-7-23-12/h1-5,8-10,14H,6-7H2,(H,22,25)(H,23,24);1-4,7-10,14H,5-6H2,(H,22,25)(H,23,24);1-5,8-10,13H,6-7H2,(H,22,25)(H,23,24);1-6,9-11,14H,7-8H2,(H,21,24)(H,22,23);1-2,5-9,11H,3-4H2,(H,19,22)(H,20,21)/b8-3+;7-4+;8-5+;9-6+;6-5+. The number of benzene rings is 9. The summed E-state index contributed by atoms with van der Waals surface area (Å²) in [6, 6.07) is 47.6. The number of fused-ring (bicyclic) bond motifs is 5. The maximum Gasteiger partial charge on any atom is 0.251 e. The van der Waals surface area contributed by atoms with Gasteiger partial charge < -0.3 is 26.6 Å². The molecule has 0 atom stereocenters. The number of aromatic nitrogens is 10. The molecule has 0 aliphatic heterocycles. The van der Waals surface area contributed by atoms with Crippen molar-refractivity contribution in [3.63, 3.8) is 0 Å². The number of hydrogen-bond acceptors (Lipinski definition) is 11. The molecule has 20 rings (SSSR count). The van der Waals surface area contributed by atoms with Crippen molar-refractivity contribution in [3.05, 3.63) is 311 Å². The first-order chi connectivity index (χ1) is 59.2. The second kappa shape index (κ2) is 36.4. The van der Waals surface area contributed by atoms with Crippen LogP contribution in [0.2, 0.25) is 0 Å². The smallest absolute Gasteiger partial charge is 0.251 e. The number of hydrogen-bond donors (Lipinski definition) is 10. The van der Waals surface area contributed by atoms with Gasteiger partial charge in [-0.05, 0) is 226 Å². The van der Waals surface area contributed by atoms with E-state index in [-0.39, 0.29) is 121 Å². The van der Waals surface area contributed by atoms with Gasteiger partial charge >= 0.3 is 0 Å². The van der Waals surface area contributed by atoms with E-state index in [4.69, 9.17) is 0 Å². The lowest BCUT2D eigenvalue weighted by Gasteiger charge is -2.04. The molecule has 5 aliphatic rings. The van der Waals surface area contributed by atoms with E-state index in [9.17, 15) is 59.1 Å². The molecule has 6 aromatic heterocycles. The zero-order valence-electron chi connectivity index (χ0n) is 64.8. The number of carbonyl (C=O) groups excluding carboxylic acids is 5. The highest BCUT2D eigenvalue weighted by atomic mass is 32.1. The fraction of sp³-hybridized carbons (Fsp3) is 0.161. The molecule has 10 N–H and O–H groups in total. The Morgan fingerprint density at radius 2 is 0.598 bits per heavy atom. The summed E-state index contributed by atoms with van der Waals surface area (Å²) in [4.78, 5) is 61.9. The molecular formula is C93H75F8N15O5S. The van der Waals surface area contributed by atoms with E-state index < -0.39 is 29.1 Å². The van der Waals surface area contributed by atoms with E-state index in [1.165, 1.54) is 60.7 Å². The summed E-state index contributed by atoms with van der Waals surface area (Å²) in [7, 11) is 0. The molecule has 6 heterocycles. The summed E-state index contributed by atoms with van der Waals surface area (Å²) in [5.74, 6) is -4.98. The number of nitrogens with zero attached hydrogens (tertiary/aromatic N) is 5. The number of nitrogens with one attached hydrogen (secondary N) is 10. The van der Waals surface area contributed by atoms with Gasteiger partial charge in [-0.25, -0.2) is 35.1 Å². The molecule has 20 nitrogen and oxygen atoms in total. The number of H-pyrrole nitrogens is 5. The predicted octanol–water partition coefficient (Wildman–Crippen LogP) is 19.3. The molecule has 0 spiro atoms. The van der Waals surface area contributed by atoms with Gasteiger partial charge in [-0.3, -0.25) is 49.5 Å². The number of rotatable bonds is 20. The summed E-state index contributed by atoms with van der Waals surface area (Å²) in [6.07, 6.45) is 27.4. The highest BCUT2D eigenvalue weighted by Gasteiger charge is 2.30. The maximum atomic E-state index is 14.3. The van der Waals surface area contributed by atoms with Crippen molar-refractivity contribution in [1.82, 2.24) is 77.6 Å². The Morgan fingerprint density at radius 3 is 0.926 bits per heavy atom. The summed E-state index contributed by atoms with van der Waals surface area (Å²) >= 11 is 1.62. The zero-order valence-corrected chi connectivity index (χ0v) is 65.6. The molecule has 614 valence electrons. The molecule has 15 aromatic rings. The first-order valence-electron chi connectivity index (χ1n) is 39.4. The SMILES string of the molecule is O=C(NC1CC1)c1cc(F)c2n[nH]c(/C=C/c3ccc(F)cc3)c2c1.O=C(NC1CC1)c1cc(F)c2n[nH]c(/C=C/c3cccc(F)c3)c2c1.O=C(NC1CC1)c1cc(F)c2n[nH]c(/C=C/c3ccccc3)c2c1.O=C(NC1CC1)c1cc(F)c2n[nH]c(/C=C/c3ccccc3F)c2c1.O=C(NC1CC1)c1cc(F)c2n[nH]c(/C=C/c3cccs3)c2c1. The van der Waals surface area contributed by atoms with Gasteiger partial charge in [0, 0.05) is 95.4 Å². The van der Waals surface area contributed by atoms with E-state index in [0.717, 1.165) is 80.2 Å². The highest BCUT2D eigenvalue weighted by molar-refractivity contribution is 7.10. The van der Waals surface area contributed by atoms with Crippen LogP contribution in [0.3, 0.4) is 0 Å². The number of thiophene rings is 1. The van der Waals surface area contributed by atoms with Crippen LogP contribution in [-0.4, -0.2) is 111 Å². The van der Waals surface area contributed by atoms with E-state index in [0.29, 0.717) is 77.7 Å². The Hall–Kier alpha value is -14.5. The van der Waals surface area contributed by atoms with E-state index in [2.05, 4.69) is 77.6 Å². The Balaban J connectivity index is 0.000000113. The van der Waals surface area contributed by atoms with Gasteiger partial charge in [0.1, 0.15) is 45.0 Å². The second-order valence-corrected chi connectivity index (χ2v) is 30.9. The molecule has 0 bridgehead atoms. The molecule has 122 heavy (non-hydrogen) atoms. The normalized spacial score (nSPS) is 14.4. The van der Waals surface area contributed by atoms with Crippen LogP contribution in [-0.2, 0) is 0 Å². The fourth-order valence-corrected chi connectivity index (χ4v) is 13.5. The van der Waals surface area contributed by atoms with Crippen molar-refractivity contribution >= 4 is 156 Å². The largest absolute Gasteiger partial charge is 0.349 e. The Bertz CT molecular complexity index is 6610. The minimum Gasteiger partial charge on any atom is -0.349 e. The van der Waals surface area contributed by atoms with Crippen molar-refractivity contribution in [2.75, 3.05) is 0 Å². The van der Waals surface area contributed by atoms with Gasteiger partial charge in [0.2, 0.25) is 0 Å². The minimum atomic E-state index is -0.569. The molecule has 9 aromatic carbocycles. The number of aromatic amines is 5. The van der Waals surface area contributed by atoms with Gasteiger partial charge in [-0.15, -0.1) is 11.3 Å². The van der Waals surface area contributed by atoms with Crippen molar-refractivity contribution in [2.45, 2.75) is 94.4 Å². The Labute approximate surface area is 694 Å². The van der Waals surface area contributed by atoms with Crippen LogP contribution in [0.25, 0.3) is 115 Å². The van der Waals surface area contributed by atoms with Crippen LogP contribution >= 0.6 is 11.3 Å². The molecule has 0 radical (unpaired) electrons. The molecule has 29 heteroatoms. The lowest BCUT2D eigenvalue weighted by atomic mass is 10.1. The zero-order chi connectivity index (χ0) is 84.5. The summed E-state index contributed by atoms with van der Waals surface area (Å²) in [5, 5.41) is 52.8. The van der Waals surface area contributed by atoms with Crippen LogP contribution < -0.4 is 26.6 Å². The van der Waals surface area contributed by atoms with Crippen LogP contribution in [0.4, 0.5) is 35.1 Å². The van der Waals surface area contributed by atoms with Crippen molar-refractivity contribution in [3.8, 4) is 0 Å². The molecule has 5 saturated carbocycles. The van der Waals surface area contributed by atoms with E-state index in [1.54, 1.807) is 121 Å². The first-order valence-corrected chi connectivity index (χ1v) is 40.3. The van der Waals surface area contributed by atoms with Gasteiger partial charge in [0.25, 0.3) is 29.5 Å². The average molecular weight is 1670 g/mol. The summed E-state index contributed by atoms with van der Waals surface area (Å²) in [6.45, 7) is 0. The molecule has 0 saturated heterocycles. The van der Waals surface area contributed by atoms with Crippen molar-refractivity contribution in [1.29, 1.82) is 0 Å². The van der Waals surface area contributed by atoms with Gasteiger partial charge in [-0.1, -0.05) is 97.1 Å². The maximum absolute atomic E-state index is 14.3. The van der Waals surface area contributed by atoms with Crippen LogP contribution in [0, 0.1) is 46.5 Å². The summed E-state index contributed by atoms with van der Waals surface area (Å²) in [5.41, 5.74) is 8.35. The predicted molar refractivity (Wildman–Crippen MR) is 457 cm³/mol. The second-order valence-electron chi connectivity index (χ2n) is 29.9. The number of amides is 5. The number of halogens is 8. The Kier molecular flexibility index (Phi) is 24.2. The highest BCUT2D eigenvalue weighted by Crippen LogP contribution is 2.32. The Morgan fingerprint density at radius 1 is 0.287 bits per heavy atom. The molecule has 5 aliphatic carbocycles. The third kappa shape index (κ3) is 20.6. The monoisotopic (exact) mass is 1670 g/mol. The minimum absolute atomic E-state index is 0.149. The van der Waals surface area contributed by atoms with Crippen molar-refractivity contribution in [2.24, 2.45) is 0 Å². The lowest BCUT2D eigenvalue weighted by Crippen LogP contribution is -2.25. The van der Waals surface area contributed by atoms with Crippen LogP contribution in [0.1, 0.15) is 172 Å². The third-order valence-corrected chi connectivity index (χ3v) is 21.1. The quantitative estimate of drug-likeness (QED) is 0.0322. The molecule has 5 fully saturated rings. The first kappa shape index (κ1) is 81.3. The van der Waals surface area contributed by atoms with Crippen molar-refractivity contribution < 1.29 is 59.1 Å². The number of carbonyl (C=O) groups is 5. The third-order valence-electron chi connectivity index (χ3n) is 20.2. The molecule has 5 amide bonds. The van der Waals surface area contributed by atoms with Gasteiger partial charge in [-0.2, -0.15) is 25.5 Å². The fourth-order valence-electron chi connectivity index (χ4n) is 12.9. The van der Waals surface area contributed by atoms with Crippen LogP contribution in [0.15, 0.2) is 181 Å². The topological polar surface area (TPSA) is 289 Å². The lowest BCUT2D eigenvalue weighted by molar-refractivity contribution is 0.0942. The summed E-state index contributed by atoms with van der Waals surface area (Å²) < 4.78 is 111. The van der Waals surface area contributed by atoms with E-state index >= 15 is 0 Å². The molecular weight excluding hydrogens is 1590 g/mol. The van der Waals surface area contributed by atoms with Gasteiger partial charge in [0.15, 0.2) is 29.1 Å². The average Bonchev–Trinajstić information content (AvgIpc) is 1.66. The van der Waals surface area contributed by atoms with E-state index in [1.807, 2.05) is 72.1 Å². The van der Waals surface area contributed by atoms with Gasteiger partial charge in [0.05, 0.1) is 28.5 Å². The molecule has 0 unspecified atom stereocenters. The van der Waals surface area contributed by atoms with Crippen LogP contribution in [0.5, 0.6) is 0 Å².